The molecule has 1 saturated heterocycles. The van der Waals surface area contributed by atoms with Gasteiger partial charge in [0.1, 0.15) is 23.7 Å². The molecule has 5 atom stereocenters. The maximum Gasteiger partial charge on any atom is 0.416 e. The molecule has 53 heavy (non-hydrogen) atoms. The summed E-state index contributed by atoms with van der Waals surface area (Å²) < 4.78 is 74.0. The summed E-state index contributed by atoms with van der Waals surface area (Å²) in [6.45, 7) is 7.15. The van der Waals surface area contributed by atoms with Crippen LogP contribution in [0.25, 0.3) is 0 Å². The molecule has 0 bridgehead atoms. The number of ether oxygens (including phenoxy) is 1. The van der Waals surface area contributed by atoms with Gasteiger partial charge in [0.15, 0.2) is 0 Å². The Labute approximate surface area is 311 Å². The molecule has 2 saturated carbocycles. The Bertz CT molecular complexity index is 1920. The Morgan fingerprint density at radius 1 is 1.06 bits per heavy atom. The van der Waals surface area contributed by atoms with Crippen molar-refractivity contribution in [3.63, 3.8) is 0 Å². The quantitative estimate of drug-likeness (QED) is 0.298. The third-order valence-electron chi connectivity index (χ3n) is 10.5. The summed E-state index contributed by atoms with van der Waals surface area (Å²) >= 11 is 6.34. The van der Waals surface area contributed by atoms with E-state index >= 15 is 0 Å². The smallest absolute Gasteiger partial charge is 0.416 e. The van der Waals surface area contributed by atoms with E-state index in [4.69, 9.17) is 16.3 Å². The molecule has 2 aliphatic carbocycles. The highest BCUT2D eigenvalue weighted by molar-refractivity contribution is 7.91. The molecule has 6 rings (SSSR count). The van der Waals surface area contributed by atoms with Gasteiger partial charge in [-0.25, -0.2) is 13.2 Å². The molecule has 0 aromatic heterocycles. The summed E-state index contributed by atoms with van der Waals surface area (Å²) in [7, 11) is -3.93. The van der Waals surface area contributed by atoms with Crippen molar-refractivity contribution in [2.24, 2.45) is 11.3 Å². The van der Waals surface area contributed by atoms with Gasteiger partial charge in [-0.1, -0.05) is 63.9 Å². The average Bonchev–Trinajstić information content (AvgIpc) is 3.97. The van der Waals surface area contributed by atoms with Gasteiger partial charge in [-0.3, -0.25) is 24.0 Å². The number of anilines is 1. The minimum atomic E-state index is -4.63. The van der Waals surface area contributed by atoms with E-state index in [9.17, 15) is 40.8 Å². The maximum atomic E-state index is 14.5. The summed E-state index contributed by atoms with van der Waals surface area (Å²) in [5.41, 5.74) is -1.69. The number of nitrogens with zero attached hydrogens (tertiary/aromatic N) is 2. The number of fused-ring (bicyclic) bond motifs is 1. The van der Waals surface area contributed by atoms with Crippen LogP contribution in [0, 0.1) is 11.3 Å². The predicted octanol–water partition coefficient (Wildman–Crippen LogP) is 5.20. The van der Waals surface area contributed by atoms with Crippen molar-refractivity contribution in [2.45, 2.75) is 108 Å². The number of hydrogen-bond donors (Lipinski definition) is 3. The van der Waals surface area contributed by atoms with Crippen molar-refractivity contribution in [2.75, 3.05) is 11.9 Å². The first-order chi connectivity index (χ1) is 24.7. The summed E-state index contributed by atoms with van der Waals surface area (Å²) in [6.07, 6.45) is -4.96. The van der Waals surface area contributed by atoms with Crippen LogP contribution in [0.3, 0.4) is 0 Å². The summed E-state index contributed by atoms with van der Waals surface area (Å²) in [4.78, 5) is 58.3. The predicted molar refractivity (Wildman–Crippen MR) is 189 cm³/mol. The van der Waals surface area contributed by atoms with E-state index in [1.165, 1.54) is 21.9 Å². The molecule has 4 aliphatic rings. The lowest BCUT2D eigenvalue weighted by molar-refractivity contribution is -0.141. The van der Waals surface area contributed by atoms with Crippen molar-refractivity contribution in [3.8, 4) is 0 Å². The Hall–Kier alpha value is -4.05. The molecule has 288 valence electrons. The van der Waals surface area contributed by atoms with Crippen LogP contribution < -0.4 is 15.4 Å². The van der Waals surface area contributed by atoms with Crippen molar-refractivity contribution >= 4 is 51.1 Å². The zero-order valence-electron chi connectivity index (χ0n) is 29.8. The first-order valence-corrected chi connectivity index (χ1v) is 19.5. The van der Waals surface area contributed by atoms with Gasteiger partial charge < -0.3 is 20.3 Å². The Morgan fingerprint density at radius 3 is 2.36 bits per heavy atom. The number of rotatable bonds is 10. The van der Waals surface area contributed by atoms with E-state index in [1.54, 1.807) is 39.8 Å². The zero-order valence-corrected chi connectivity index (χ0v) is 31.3. The molecular formula is C36H43ClF3N5O7S. The van der Waals surface area contributed by atoms with Gasteiger partial charge in [0.05, 0.1) is 23.9 Å². The molecule has 3 fully saturated rings. The number of sulfonamides is 1. The minimum absolute atomic E-state index is 0.0276. The number of hydrogen-bond acceptors (Lipinski definition) is 8. The molecule has 2 aliphatic heterocycles. The molecule has 2 aromatic rings. The monoisotopic (exact) mass is 781 g/mol. The highest BCUT2D eigenvalue weighted by Crippen LogP contribution is 2.47. The third-order valence-corrected chi connectivity index (χ3v) is 12.6. The highest BCUT2D eigenvalue weighted by Gasteiger charge is 2.62. The fraction of sp³-hybridized carbons (Fsp3) is 0.556. The molecule has 3 N–H and O–H groups in total. The van der Waals surface area contributed by atoms with Gasteiger partial charge in [0.2, 0.25) is 21.8 Å². The van der Waals surface area contributed by atoms with Crippen molar-refractivity contribution in [3.05, 3.63) is 64.2 Å². The van der Waals surface area contributed by atoms with Crippen LogP contribution in [-0.2, 0) is 48.4 Å². The zero-order chi connectivity index (χ0) is 38.7. The molecule has 4 amide bonds. The van der Waals surface area contributed by atoms with Crippen LogP contribution >= 0.6 is 11.6 Å². The summed E-state index contributed by atoms with van der Waals surface area (Å²) in [5, 5.41) is 5.52. The largest absolute Gasteiger partial charge is 0.444 e. The number of nitrogens with one attached hydrogen (secondary N) is 3. The third kappa shape index (κ3) is 8.08. The number of likely N-dealkylation sites (tertiary alicyclic amines) is 1. The summed E-state index contributed by atoms with van der Waals surface area (Å²) in [6, 6.07) is 7.32. The van der Waals surface area contributed by atoms with Gasteiger partial charge in [0, 0.05) is 23.7 Å². The van der Waals surface area contributed by atoms with Crippen LogP contribution in [0.4, 0.5) is 23.7 Å². The normalized spacial score (nSPS) is 24.6. The minimum Gasteiger partial charge on any atom is -0.444 e. The highest BCUT2D eigenvalue weighted by atomic mass is 35.5. The second kappa shape index (κ2) is 14.0. The van der Waals surface area contributed by atoms with Crippen LogP contribution in [0.5, 0.6) is 0 Å². The van der Waals surface area contributed by atoms with Gasteiger partial charge in [-0.15, -0.1) is 0 Å². The maximum absolute atomic E-state index is 14.5. The van der Waals surface area contributed by atoms with Crippen LogP contribution in [0.15, 0.2) is 42.5 Å². The summed E-state index contributed by atoms with van der Waals surface area (Å²) in [5.74, 6) is -2.62. The van der Waals surface area contributed by atoms with Crippen LogP contribution in [0.1, 0.15) is 76.5 Å². The second-order valence-corrected chi connectivity index (χ2v) is 17.8. The molecule has 2 aromatic carbocycles. The first-order valence-electron chi connectivity index (χ1n) is 17.6. The van der Waals surface area contributed by atoms with Crippen LogP contribution in [-0.4, -0.2) is 77.6 Å². The van der Waals surface area contributed by atoms with Crippen molar-refractivity contribution < 1.29 is 45.5 Å². The SMILES string of the molecule is CCC1CC1(NC(=O)C1CC(OC(=O)N2Cc3cccc(Cl)c3C2)CN1C(=O)C(Nc1cccc(C(F)(F)F)c1)C(C)(C)C)C(=O)NS(=O)(=O)C1CC1. The van der Waals surface area contributed by atoms with Gasteiger partial charge in [0.25, 0.3) is 5.91 Å². The first kappa shape index (κ1) is 38.7. The molecule has 12 nitrogen and oxygen atoms in total. The molecular weight excluding hydrogens is 739 g/mol. The van der Waals surface area contributed by atoms with E-state index in [2.05, 4.69) is 15.4 Å². The Morgan fingerprint density at radius 2 is 1.75 bits per heavy atom. The fourth-order valence-electron chi connectivity index (χ4n) is 7.16. The van der Waals surface area contributed by atoms with Crippen molar-refractivity contribution in [1.82, 2.24) is 19.8 Å². The molecule has 17 heteroatoms. The van der Waals surface area contributed by atoms with E-state index in [-0.39, 0.29) is 44.1 Å². The van der Waals surface area contributed by atoms with Gasteiger partial charge in [-0.05, 0) is 66.0 Å². The lowest BCUT2D eigenvalue weighted by Crippen LogP contribution is -2.58. The van der Waals surface area contributed by atoms with E-state index in [1.807, 2.05) is 6.07 Å². The molecule has 2 heterocycles. The van der Waals surface area contributed by atoms with E-state index in [0.29, 0.717) is 24.3 Å². The van der Waals surface area contributed by atoms with Crippen molar-refractivity contribution in [1.29, 1.82) is 0 Å². The number of halogens is 4. The molecule has 0 radical (unpaired) electrons. The lowest BCUT2D eigenvalue weighted by Gasteiger charge is -2.36. The number of carbonyl (C=O) groups is 4. The average molecular weight is 782 g/mol. The van der Waals surface area contributed by atoms with Gasteiger partial charge >= 0.3 is 12.3 Å². The van der Waals surface area contributed by atoms with E-state index in [0.717, 1.165) is 23.3 Å². The Kier molecular flexibility index (Phi) is 10.2. The fourth-order valence-corrected chi connectivity index (χ4v) is 8.78. The standard InChI is InChI=1S/C36H43ClF3N5O7S/c1-5-21-16-35(21,32(48)43-53(50,51)25-12-13-25)42-30(46)28-15-24(52-33(49)44-17-20-8-6-11-27(37)26(20)19-44)18-45(28)31(47)29(34(2,3)4)41-23-10-7-9-22(14-23)36(38,39)40/h6-11,14,21,24-25,28-29,41H,5,12-13,15-19H2,1-4H3,(H,42,46)(H,43,48). The molecule has 5 unspecified atom stereocenters. The number of amides is 4. The van der Waals surface area contributed by atoms with E-state index < -0.39 is 80.0 Å². The number of alkyl halides is 3. The molecule has 0 spiro atoms. The lowest BCUT2D eigenvalue weighted by atomic mass is 9.85. The Balaban J connectivity index is 1.26. The van der Waals surface area contributed by atoms with Crippen LogP contribution in [0.2, 0.25) is 5.02 Å². The van der Waals surface area contributed by atoms with Gasteiger partial charge in [-0.2, -0.15) is 13.2 Å². The topological polar surface area (TPSA) is 154 Å². The number of benzene rings is 2. The second-order valence-electron chi connectivity index (χ2n) is 15.4. The number of carbonyl (C=O) groups excluding carboxylic acids is 4.